The first-order chi connectivity index (χ1) is 14.6. The minimum absolute atomic E-state index is 0.0319. The molecule has 0 saturated heterocycles. The third-order valence-corrected chi connectivity index (χ3v) is 3.48. The molecule has 0 aromatic heterocycles. The second kappa shape index (κ2) is 11.9. The molecule has 0 spiro atoms. The molecule has 0 aromatic carbocycles. The maximum Gasteiger partial charge on any atom is 0.307 e. The Hall–Kier alpha value is -4.94. The molecule has 21 nitrogen and oxygen atoms in total. The number of nitrogens with two attached hydrogens (primary N) is 11. The number of nitrogens with one attached hydrogen (secondary N) is 1. The number of hydrogen-bond donors (Lipinski definition) is 12. The van der Waals surface area contributed by atoms with Crippen molar-refractivity contribution in [3.8, 4) is 0 Å². The summed E-state index contributed by atoms with van der Waals surface area (Å²) in [5.74, 6) is -4.28. The summed E-state index contributed by atoms with van der Waals surface area (Å²) in [6.45, 7) is 1.39. The van der Waals surface area contributed by atoms with Gasteiger partial charge in [-0.15, -0.1) is 0 Å². The van der Waals surface area contributed by atoms with Gasteiger partial charge in [-0.2, -0.15) is 44.2 Å². The zero-order valence-electron chi connectivity index (χ0n) is 16.8. The molecule has 22 heteroatoms. The molecule has 0 bridgehead atoms. The van der Waals surface area contributed by atoms with E-state index in [0.29, 0.717) is 0 Å². The van der Waals surface area contributed by atoms with Gasteiger partial charge in [-0.1, -0.05) is 0 Å². The van der Waals surface area contributed by atoms with Crippen LogP contribution in [0.1, 0.15) is 6.92 Å². The highest BCUT2D eigenvalue weighted by atomic mass is 31.2. The number of hydrogen-bond acceptors (Lipinski definition) is 1. The fourth-order valence-corrected chi connectivity index (χ4v) is 2.54. The summed E-state index contributed by atoms with van der Waals surface area (Å²) in [5, 5.41) is 8.66. The predicted octanol–water partition coefficient (Wildman–Crippen LogP) is -5.68. The highest BCUT2D eigenvalue weighted by Crippen LogP contribution is 2.52. The SMILES string of the molecule is CC(N)=NC(N=C(N)N)=NP(=N)(N=C(N=C(N)N)N=C(N)N)N=C(N=C(N)N)N=C(N)N. The van der Waals surface area contributed by atoms with Gasteiger partial charge in [0.2, 0.25) is 0 Å². The van der Waals surface area contributed by atoms with Gasteiger partial charge < -0.3 is 63.1 Å². The minimum atomic E-state index is -4.21. The van der Waals surface area contributed by atoms with Crippen LogP contribution in [0.4, 0.5) is 0 Å². The third-order valence-electron chi connectivity index (χ3n) is 2.11. The van der Waals surface area contributed by atoms with Gasteiger partial charge in [0.15, 0.2) is 29.8 Å². The van der Waals surface area contributed by atoms with Crippen LogP contribution in [0.3, 0.4) is 0 Å². The van der Waals surface area contributed by atoms with Gasteiger partial charge in [0.25, 0.3) is 17.9 Å². The molecule has 0 aliphatic rings. The molecule has 0 radical (unpaired) electrons. The minimum Gasteiger partial charge on any atom is -0.387 e. The van der Waals surface area contributed by atoms with Crippen molar-refractivity contribution >= 4 is 61.0 Å². The molecule has 0 heterocycles. The first kappa shape index (κ1) is 27.1. The molecule has 23 N–H and O–H groups in total. The van der Waals surface area contributed by atoms with Crippen LogP contribution in [-0.2, 0) is 0 Å². The van der Waals surface area contributed by atoms with E-state index in [4.69, 9.17) is 68.2 Å². The van der Waals surface area contributed by atoms with E-state index in [1.807, 2.05) is 0 Å². The van der Waals surface area contributed by atoms with Crippen molar-refractivity contribution < 1.29 is 0 Å². The third kappa shape index (κ3) is 12.5. The Kier molecular flexibility index (Phi) is 10.1. The fourth-order valence-electron chi connectivity index (χ4n) is 1.39. The molecule has 0 fully saturated rings. The summed E-state index contributed by atoms with van der Waals surface area (Å²) in [4.78, 5) is 21.8. The molecule has 32 heavy (non-hydrogen) atoms. The first-order valence-corrected chi connectivity index (χ1v) is 9.50. The zero-order chi connectivity index (χ0) is 25.1. The molecule has 0 aromatic rings. The van der Waals surface area contributed by atoms with Crippen molar-refractivity contribution in [2.75, 3.05) is 0 Å². The molecule has 0 atom stereocenters. The van der Waals surface area contributed by atoms with E-state index in [2.05, 4.69) is 44.2 Å². The molecule has 0 aliphatic heterocycles. The Bertz CT molecular complexity index is 805. The van der Waals surface area contributed by atoms with Crippen molar-refractivity contribution in [3.05, 3.63) is 0 Å². The normalized spacial score (nSPS) is 11.3. The van der Waals surface area contributed by atoms with E-state index in [1.165, 1.54) is 6.92 Å². The molecular formula is C10H26N21P. The van der Waals surface area contributed by atoms with Crippen LogP contribution in [0, 0.1) is 5.16 Å². The highest BCUT2D eigenvalue weighted by molar-refractivity contribution is 7.61. The van der Waals surface area contributed by atoms with E-state index in [-0.39, 0.29) is 5.84 Å². The van der Waals surface area contributed by atoms with Crippen molar-refractivity contribution in [1.82, 2.24) is 0 Å². The Morgan fingerprint density at radius 1 is 0.469 bits per heavy atom. The molecule has 0 unspecified atom stereocenters. The van der Waals surface area contributed by atoms with Gasteiger partial charge >= 0.3 is 7.51 Å². The lowest BCUT2D eigenvalue weighted by atomic mass is 10.7. The number of rotatable bonds is 3. The summed E-state index contributed by atoms with van der Waals surface area (Å²) in [5.41, 5.74) is 58.8. The van der Waals surface area contributed by atoms with E-state index in [0.717, 1.165) is 0 Å². The Labute approximate surface area is 181 Å². The van der Waals surface area contributed by atoms with Gasteiger partial charge in [0.05, 0.1) is 5.84 Å². The van der Waals surface area contributed by atoms with Crippen LogP contribution in [0.2, 0.25) is 0 Å². The molecule has 0 aliphatic carbocycles. The summed E-state index contributed by atoms with van der Waals surface area (Å²) < 4.78 is 11.6. The van der Waals surface area contributed by atoms with Gasteiger partial charge in [0.1, 0.15) is 0 Å². The predicted molar refractivity (Wildman–Crippen MR) is 128 cm³/mol. The smallest absolute Gasteiger partial charge is 0.307 e. The summed E-state index contributed by atoms with van der Waals surface area (Å²) in [6, 6.07) is 0. The number of aliphatic imine (C=N–C) groups is 6. The standard InChI is InChI=1S/C10H26N21P/c1-2(11)23-8(24-3(12)13)29-32(22,30-9(25-4(14)15)26-5(16)17)31-10(27-6(18)19)28-7(20)21/h1H3,(H23,11,12,13,14,15,16,17,18,19,20,21,22,23,24,25,26,27,28,29,30,31). The highest BCUT2D eigenvalue weighted by Gasteiger charge is 2.20. The van der Waals surface area contributed by atoms with E-state index in [1.54, 1.807) is 0 Å². The van der Waals surface area contributed by atoms with Crippen LogP contribution in [-0.4, -0.2) is 53.5 Å². The van der Waals surface area contributed by atoms with Gasteiger partial charge in [-0.3, -0.25) is 5.16 Å². The number of nitrogens with zero attached hydrogens (tertiary/aromatic N) is 9. The van der Waals surface area contributed by atoms with E-state index >= 15 is 0 Å². The quantitative estimate of drug-likeness (QED) is 0.104. The summed E-state index contributed by atoms with van der Waals surface area (Å²) >= 11 is 0. The second-order valence-corrected chi connectivity index (χ2v) is 6.94. The average Bonchev–Trinajstić information content (AvgIpc) is 2.49. The fraction of sp³-hybridized carbons (Fsp3) is 0.100. The van der Waals surface area contributed by atoms with Crippen LogP contribution in [0.25, 0.3) is 0 Å². The zero-order valence-corrected chi connectivity index (χ0v) is 17.7. The second-order valence-electron chi connectivity index (χ2n) is 5.20. The van der Waals surface area contributed by atoms with Gasteiger partial charge in [0, 0.05) is 0 Å². The number of guanidine groups is 8. The van der Waals surface area contributed by atoms with Crippen LogP contribution in [0.15, 0.2) is 44.2 Å². The molecule has 0 rings (SSSR count). The van der Waals surface area contributed by atoms with Crippen molar-refractivity contribution in [2.45, 2.75) is 6.92 Å². The maximum absolute atomic E-state index is 8.66. The molecule has 0 saturated carbocycles. The monoisotopic (exact) mass is 471 g/mol. The van der Waals surface area contributed by atoms with E-state index in [9.17, 15) is 0 Å². The van der Waals surface area contributed by atoms with Gasteiger partial charge in [-0.05, 0) is 6.92 Å². The lowest BCUT2D eigenvalue weighted by molar-refractivity contribution is 1.33. The summed E-state index contributed by atoms with van der Waals surface area (Å²) in [7, 11) is -4.21. The van der Waals surface area contributed by atoms with Crippen LogP contribution in [0.5, 0.6) is 0 Å². The average molecular weight is 471 g/mol. The van der Waals surface area contributed by atoms with Gasteiger partial charge in [-0.25, -0.2) is 0 Å². The summed E-state index contributed by atoms with van der Waals surface area (Å²) in [6.07, 6.45) is 0. The van der Waals surface area contributed by atoms with E-state index < -0.39 is 55.2 Å². The van der Waals surface area contributed by atoms with Crippen LogP contribution < -0.4 is 63.1 Å². The lowest BCUT2D eigenvalue weighted by Gasteiger charge is -2.09. The maximum atomic E-state index is 8.66. The molecule has 0 amide bonds. The first-order valence-electron chi connectivity index (χ1n) is 7.85. The topological polar surface area (TPSA) is 421 Å². The Morgan fingerprint density at radius 3 is 0.875 bits per heavy atom. The Balaban J connectivity index is 7.43. The lowest BCUT2D eigenvalue weighted by Crippen LogP contribution is -2.27. The van der Waals surface area contributed by atoms with Crippen molar-refractivity contribution in [1.29, 1.82) is 5.16 Å². The van der Waals surface area contributed by atoms with Crippen molar-refractivity contribution in [2.24, 2.45) is 107 Å². The number of amidine groups is 1. The van der Waals surface area contributed by atoms with Crippen molar-refractivity contribution in [3.63, 3.8) is 0 Å². The largest absolute Gasteiger partial charge is 0.387 e. The molecule has 176 valence electrons. The van der Waals surface area contributed by atoms with Crippen LogP contribution >= 0.6 is 7.51 Å². The molecular weight excluding hydrogens is 445 g/mol. The Morgan fingerprint density at radius 2 is 0.688 bits per heavy atom.